The lowest BCUT2D eigenvalue weighted by molar-refractivity contribution is -0.127. The van der Waals surface area contributed by atoms with Crippen LogP contribution < -0.4 is 19.6 Å². The van der Waals surface area contributed by atoms with Gasteiger partial charge in [-0.15, -0.1) is 0 Å². The number of fused-ring (bicyclic) bond motifs is 2. The molecule has 5 aromatic rings. The fraction of sp³-hybridized carbons (Fsp3) is 0.289. The molecule has 1 aliphatic rings. The van der Waals surface area contributed by atoms with Gasteiger partial charge in [-0.05, 0) is 94.1 Å². The number of likely N-dealkylation sites (N-methyl/N-ethyl adjacent to an activating group) is 1. The Bertz CT molecular complexity index is 2210. The quantitative estimate of drug-likeness (QED) is 0.212. The lowest BCUT2D eigenvalue weighted by Gasteiger charge is -2.30. The second-order valence-electron chi connectivity index (χ2n) is 11.9. The molecule has 3 aromatic carbocycles. The molecule has 2 aromatic heterocycles. The number of aromatic nitrogens is 2. The van der Waals surface area contributed by atoms with E-state index in [0.717, 1.165) is 39.0 Å². The van der Waals surface area contributed by atoms with Crippen LogP contribution in [-0.2, 0) is 4.79 Å². The van der Waals surface area contributed by atoms with Crippen molar-refractivity contribution in [3.63, 3.8) is 0 Å². The summed E-state index contributed by atoms with van der Waals surface area (Å²) in [5.41, 5.74) is 8.37. The second kappa shape index (κ2) is 12.2. The van der Waals surface area contributed by atoms with Crippen molar-refractivity contribution in [3.8, 4) is 11.4 Å². The van der Waals surface area contributed by atoms with Crippen LogP contribution in [0.2, 0.25) is 0 Å². The highest BCUT2D eigenvalue weighted by Gasteiger charge is 2.36. The molecule has 0 bridgehead atoms. The van der Waals surface area contributed by atoms with Crippen molar-refractivity contribution in [3.05, 3.63) is 125 Å². The Balaban J connectivity index is 1.63. The molecule has 0 saturated heterocycles. The van der Waals surface area contributed by atoms with Crippen molar-refractivity contribution in [2.45, 2.75) is 54.5 Å². The zero-order valence-electron chi connectivity index (χ0n) is 27.8. The van der Waals surface area contributed by atoms with E-state index >= 15 is 0 Å². The number of aryl methyl sites for hydroxylation is 3. The molecular formula is C38H40N4O3S. The Morgan fingerprint density at radius 1 is 0.978 bits per heavy atom. The summed E-state index contributed by atoms with van der Waals surface area (Å²) in [6, 6.07) is 19.7. The largest absolute Gasteiger partial charge is 0.496 e. The second-order valence-corrected chi connectivity index (χ2v) is 12.9. The van der Waals surface area contributed by atoms with Gasteiger partial charge in [-0.3, -0.25) is 14.2 Å². The van der Waals surface area contributed by atoms with E-state index in [1.165, 1.54) is 22.5 Å². The minimum Gasteiger partial charge on any atom is -0.496 e. The lowest BCUT2D eigenvalue weighted by Crippen LogP contribution is -2.43. The first-order valence-electron chi connectivity index (χ1n) is 15.7. The number of ether oxygens (including phenoxy) is 1. The van der Waals surface area contributed by atoms with Crippen molar-refractivity contribution in [1.29, 1.82) is 0 Å². The number of allylic oxidation sites excluding steroid dienone is 1. The average molecular weight is 633 g/mol. The highest BCUT2D eigenvalue weighted by molar-refractivity contribution is 7.07. The van der Waals surface area contributed by atoms with E-state index in [0.29, 0.717) is 39.4 Å². The fourth-order valence-electron chi connectivity index (χ4n) is 6.86. The standard InChI is InChI=1S/C38H40N4O3S/c1-9-40(10-2)37(44)32-25(6)39-38-42(35(32)33-29-17-12-11-16-27(29)18-19-30(33)45-8)36(43)31(46-38)21-28-20-24(5)41(26(28)7)34-22(3)14-13-15-23(34)4/h11-21,35H,9-10H2,1-8H3/b31-21+/t35-/m0/s1. The molecule has 1 aliphatic heterocycles. The van der Waals surface area contributed by atoms with Crippen molar-refractivity contribution in [1.82, 2.24) is 14.0 Å². The van der Waals surface area contributed by atoms with Crippen LogP contribution in [0.15, 0.2) is 81.7 Å². The average Bonchev–Trinajstić information content (AvgIpc) is 3.49. The Labute approximate surface area is 273 Å². The van der Waals surface area contributed by atoms with Gasteiger partial charge in [-0.1, -0.05) is 59.9 Å². The Kier molecular flexibility index (Phi) is 8.33. The van der Waals surface area contributed by atoms with Crippen LogP contribution in [0.4, 0.5) is 0 Å². The van der Waals surface area contributed by atoms with Crippen molar-refractivity contribution in [2.75, 3.05) is 20.2 Å². The normalized spacial score (nSPS) is 14.9. The molecule has 0 spiro atoms. The summed E-state index contributed by atoms with van der Waals surface area (Å²) in [4.78, 5) is 36.1. The third-order valence-electron chi connectivity index (χ3n) is 9.15. The van der Waals surface area contributed by atoms with E-state index in [1.54, 1.807) is 16.6 Å². The minimum absolute atomic E-state index is 0.127. The number of benzene rings is 3. The minimum atomic E-state index is -0.713. The van der Waals surface area contributed by atoms with Gasteiger partial charge in [0.05, 0.1) is 28.6 Å². The molecule has 236 valence electrons. The maximum atomic E-state index is 14.6. The monoisotopic (exact) mass is 632 g/mol. The third-order valence-corrected chi connectivity index (χ3v) is 10.1. The van der Waals surface area contributed by atoms with E-state index in [-0.39, 0.29) is 11.5 Å². The predicted octanol–water partition coefficient (Wildman–Crippen LogP) is 6.29. The van der Waals surface area contributed by atoms with E-state index in [2.05, 4.69) is 56.5 Å². The SMILES string of the molecule is CCN(CC)C(=O)C1=C(C)N=c2s/c(=C/c3cc(C)n(-c4c(C)cccc4C)c3C)c(=O)n2[C@@H]1c1c(OC)ccc2ccccc12. The van der Waals surface area contributed by atoms with E-state index in [1.807, 2.05) is 63.2 Å². The van der Waals surface area contributed by atoms with Crippen LogP contribution in [0.5, 0.6) is 5.75 Å². The molecule has 0 unspecified atom stereocenters. The van der Waals surface area contributed by atoms with Gasteiger partial charge in [0.2, 0.25) is 0 Å². The maximum absolute atomic E-state index is 14.6. The van der Waals surface area contributed by atoms with Gasteiger partial charge in [0, 0.05) is 30.0 Å². The van der Waals surface area contributed by atoms with Crippen LogP contribution in [0.1, 0.15) is 60.5 Å². The van der Waals surface area contributed by atoms with Crippen molar-refractivity contribution in [2.24, 2.45) is 4.99 Å². The summed E-state index contributed by atoms with van der Waals surface area (Å²) in [7, 11) is 1.63. The number of methoxy groups -OCH3 is 1. The Morgan fingerprint density at radius 3 is 2.35 bits per heavy atom. The number of carbonyl (C=O) groups is 1. The van der Waals surface area contributed by atoms with Crippen LogP contribution in [-0.4, -0.2) is 40.1 Å². The van der Waals surface area contributed by atoms with Gasteiger partial charge < -0.3 is 14.2 Å². The summed E-state index contributed by atoms with van der Waals surface area (Å²) >= 11 is 1.36. The zero-order chi connectivity index (χ0) is 32.9. The summed E-state index contributed by atoms with van der Waals surface area (Å²) in [5.74, 6) is 0.493. The molecule has 6 rings (SSSR count). The molecule has 1 atom stereocenters. The topological polar surface area (TPSA) is 68.8 Å². The summed E-state index contributed by atoms with van der Waals surface area (Å²) in [6.45, 7) is 15.3. The Morgan fingerprint density at radius 2 is 1.67 bits per heavy atom. The highest BCUT2D eigenvalue weighted by atomic mass is 32.1. The number of rotatable bonds is 7. The lowest BCUT2D eigenvalue weighted by atomic mass is 9.90. The van der Waals surface area contributed by atoms with Crippen LogP contribution >= 0.6 is 11.3 Å². The third kappa shape index (κ3) is 5.01. The molecule has 0 N–H and O–H groups in total. The first-order chi connectivity index (χ1) is 22.1. The molecule has 46 heavy (non-hydrogen) atoms. The Hall–Kier alpha value is -4.69. The zero-order valence-corrected chi connectivity index (χ0v) is 28.6. The van der Waals surface area contributed by atoms with Crippen LogP contribution in [0.25, 0.3) is 22.5 Å². The van der Waals surface area contributed by atoms with Gasteiger partial charge >= 0.3 is 0 Å². The van der Waals surface area contributed by atoms with Crippen LogP contribution in [0, 0.1) is 27.7 Å². The number of para-hydroxylation sites is 1. The number of hydrogen-bond donors (Lipinski definition) is 0. The number of nitrogens with zero attached hydrogens (tertiary/aromatic N) is 4. The van der Waals surface area contributed by atoms with Gasteiger partial charge in [0.15, 0.2) is 4.80 Å². The molecule has 7 nitrogen and oxygen atoms in total. The smallest absolute Gasteiger partial charge is 0.271 e. The molecule has 0 aliphatic carbocycles. The first-order valence-corrected chi connectivity index (χ1v) is 16.6. The van der Waals surface area contributed by atoms with Crippen molar-refractivity contribution >= 4 is 34.1 Å². The molecule has 8 heteroatoms. The van der Waals surface area contributed by atoms with Gasteiger partial charge in [0.1, 0.15) is 11.8 Å². The number of amides is 1. The highest BCUT2D eigenvalue weighted by Crippen LogP contribution is 2.40. The van der Waals surface area contributed by atoms with E-state index in [4.69, 9.17) is 9.73 Å². The maximum Gasteiger partial charge on any atom is 0.271 e. The number of carbonyl (C=O) groups excluding carboxylic acids is 1. The number of hydrogen-bond acceptors (Lipinski definition) is 5. The first kappa shape index (κ1) is 31.3. The van der Waals surface area contributed by atoms with Gasteiger partial charge in [0.25, 0.3) is 11.5 Å². The summed E-state index contributed by atoms with van der Waals surface area (Å²) < 4.78 is 10.5. The molecular weight excluding hydrogens is 593 g/mol. The molecule has 0 radical (unpaired) electrons. The van der Waals surface area contributed by atoms with Crippen LogP contribution in [0.3, 0.4) is 0 Å². The van der Waals surface area contributed by atoms with E-state index < -0.39 is 6.04 Å². The van der Waals surface area contributed by atoms with Gasteiger partial charge in [-0.25, -0.2) is 4.99 Å². The van der Waals surface area contributed by atoms with E-state index in [9.17, 15) is 9.59 Å². The predicted molar refractivity (Wildman–Crippen MR) is 187 cm³/mol. The molecule has 1 amide bonds. The summed E-state index contributed by atoms with van der Waals surface area (Å²) in [6.07, 6.45) is 1.97. The molecule has 3 heterocycles. The molecule has 0 saturated carbocycles. The summed E-state index contributed by atoms with van der Waals surface area (Å²) in [5, 5.41) is 1.93. The fourth-order valence-corrected chi connectivity index (χ4v) is 7.90. The molecule has 0 fully saturated rings. The van der Waals surface area contributed by atoms with Gasteiger partial charge in [-0.2, -0.15) is 0 Å². The van der Waals surface area contributed by atoms with Crippen molar-refractivity contribution < 1.29 is 9.53 Å². The number of thiazole rings is 1.